The van der Waals surface area contributed by atoms with Gasteiger partial charge in [0, 0.05) is 25.5 Å². The highest BCUT2D eigenvalue weighted by Crippen LogP contribution is 2.36. The van der Waals surface area contributed by atoms with Gasteiger partial charge in [0.1, 0.15) is 0 Å². The Hall–Kier alpha value is -2.17. The van der Waals surface area contributed by atoms with Crippen LogP contribution < -0.4 is 5.56 Å². The Morgan fingerprint density at radius 1 is 1.08 bits per heavy atom. The lowest BCUT2D eigenvalue weighted by atomic mass is 9.75. The third-order valence-electron chi connectivity index (χ3n) is 5.74. The summed E-state index contributed by atoms with van der Waals surface area (Å²) in [6.07, 6.45) is 6.26. The minimum atomic E-state index is -0.159. The maximum Gasteiger partial charge on any atom is 0.274 e. The van der Waals surface area contributed by atoms with Gasteiger partial charge in [0.05, 0.1) is 5.39 Å². The average Bonchev–Trinajstić information content (AvgIpc) is 2.64. The minimum Gasteiger partial charge on any atom is -0.337 e. The maximum atomic E-state index is 13.1. The largest absolute Gasteiger partial charge is 0.337 e. The first-order chi connectivity index (χ1) is 11.6. The fourth-order valence-electron chi connectivity index (χ4n) is 4.39. The van der Waals surface area contributed by atoms with Crippen molar-refractivity contribution in [3.05, 3.63) is 40.3 Å². The lowest BCUT2D eigenvalue weighted by molar-refractivity contribution is 0.0515. The summed E-state index contributed by atoms with van der Waals surface area (Å²) in [5.74, 6) is 1.38. The van der Waals surface area contributed by atoms with E-state index in [1.165, 1.54) is 30.4 Å². The van der Waals surface area contributed by atoms with Crippen LogP contribution in [0.25, 0.3) is 10.8 Å². The zero-order valence-electron chi connectivity index (χ0n) is 14.1. The Morgan fingerprint density at radius 2 is 1.79 bits per heavy atom. The van der Waals surface area contributed by atoms with E-state index < -0.39 is 0 Å². The molecule has 1 aromatic heterocycles. The van der Waals surface area contributed by atoms with Crippen molar-refractivity contribution in [3.63, 3.8) is 0 Å². The van der Waals surface area contributed by atoms with Crippen LogP contribution in [0.3, 0.4) is 0 Å². The van der Waals surface area contributed by atoms with E-state index in [9.17, 15) is 9.59 Å². The molecule has 1 aromatic carbocycles. The highest BCUT2D eigenvalue weighted by molar-refractivity contribution is 6.04. The molecule has 1 saturated carbocycles. The number of hydrogen-bond donors (Lipinski definition) is 0. The molecule has 2 atom stereocenters. The Kier molecular flexibility index (Phi) is 3.87. The molecule has 5 nitrogen and oxygen atoms in total. The number of likely N-dealkylation sites (tertiary alicyclic amines) is 1. The van der Waals surface area contributed by atoms with E-state index in [4.69, 9.17) is 0 Å². The van der Waals surface area contributed by atoms with E-state index in [0.717, 1.165) is 25.4 Å². The summed E-state index contributed by atoms with van der Waals surface area (Å²) in [7, 11) is 1.61. The van der Waals surface area contributed by atoms with Gasteiger partial charge >= 0.3 is 0 Å². The third kappa shape index (κ3) is 2.52. The molecule has 0 radical (unpaired) electrons. The van der Waals surface area contributed by atoms with Crippen molar-refractivity contribution in [2.75, 3.05) is 13.1 Å². The number of aryl methyl sites for hydroxylation is 1. The smallest absolute Gasteiger partial charge is 0.274 e. The number of amides is 1. The Balaban J connectivity index is 1.69. The zero-order chi connectivity index (χ0) is 16.7. The summed E-state index contributed by atoms with van der Waals surface area (Å²) in [5, 5.41) is 5.52. The number of fused-ring (bicyclic) bond motifs is 2. The standard InChI is InChI=1S/C19H23N3O2/c1-21-18(23)16-9-5-4-8-15(16)17(20-21)19(24)22-11-10-13-6-2-3-7-14(13)12-22/h4-5,8-9,13-14H,2-3,6-7,10-12H2,1H3/t13-,14-/m1/s1. The summed E-state index contributed by atoms with van der Waals surface area (Å²) in [4.78, 5) is 27.3. The van der Waals surface area contributed by atoms with Gasteiger partial charge in [-0.3, -0.25) is 9.59 Å². The molecule has 0 spiro atoms. The number of benzene rings is 1. The van der Waals surface area contributed by atoms with E-state index in [0.29, 0.717) is 22.4 Å². The Morgan fingerprint density at radius 3 is 2.58 bits per heavy atom. The average molecular weight is 325 g/mol. The number of hydrogen-bond acceptors (Lipinski definition) is 3. The molecule has 1 amide bonds. The molecule has 1 aliphatic carbocycles. The van der Waals surface area contributed by atoms with E-state index in [1.807, 2.05) is 23.1 Å². The normalized spacial score (nSPS) is 24.0. The Bertz CT molecular complexity index is 842. The molecule has 1 aliphatic heterocycles. The fourth-order valence-corrected chi connectivity index (χ4v) is 4.39. The Labute approximate surface area is 141 Å². The second-order valence-corrected chi connectivity index (χ2v) is 7.17. The van der Waals surface area contributed by atoms with E-state index in [-0.39, 0.29) is 11.5 Å². The van der Waals surface area contributed by atoms with Gasteiger partial charge < -0.3 is 4.90 Å². The number of carbonyl (C=O) groups is 1. The molecular formula is C19H23N3O2. The summed E-state index contributed by atoms with van der Waals surface area (Å²) in [6.45, 7) is 1.64. The second kappa shape index (κ2) is 6.04. The molecule has 2 aliphatic rings. The highest BCUT2D eigenvalue weighted by Gasteiger charge is 2.34. The number of rotatable bonds is 1. The molecule has 126 valence electrons. The molecule has 5 heteroatoms. The van der Waals surface area contributed by atoms with Gasteiger partial charge in [-0.2, -0.15) is 5.10 Å². The molecular weight excluding hydrogens is 302 g/mol. The predicted molar refractivity (Wildman–Crippen MR) is 93.0 cm³/mol. The van der Waals surface area contributed by atoms with Crippen molar-refractivity contribution in [2.24, 2.45) is 18.9 Å². The number of nitrogens with zero attached hydrogens (tertiary/aromatic N) is 3. The highest BCUT2D eigenvalue weighted by atomic mass is 16.2. The minimum absolute atomic E-state index is 0.0363. The van der Waals surface area contributed by atoms with Crippen molar-refractivity contribution >= 4 is 16.7 Å². The van der Waals surface area contributed by atoms with Crippen LogP contribution in [-0.2, 0) is 7.05 Å². The van der Waals surface area contributed by atoms with Crippen molar-refractivity contribution < 1.29 is 4.79 Å². The van der Waals surface area contributed by atoms with Gasteiger partial charge in [0.2, 0.25) is 0 Å². The maximum absolute atomic E-state index is 13.1. The molecule has 4 rings (SSSR count). The van der Waals surface area contributed by atoms with Crippen LogP contribution >= 0.6 is 0 Å². The summed E-state index contributed by atoms with van der Waals surface area (Å²) < 4.78 is 1.28. The number of aromatic nitrogens is 2. The number of carbonyl (C=O) groups excluding carboxylic acids is 1. The van der Waals surface area contributed by atoms with E-state index >= 15 is 0 Å². The first-order valence-corrected chi connectivity index (χ1v) is 8.90. The molecule has 2 heterocycles. The van der Waals surface area contributed by atoms with Crippen LogP contribution in [-0.4, -0.2) is 33.7 Å². The van der Waals surface area contributed by atoms with Gasteiger partial charge in [-0.1, -0.05) is 37.5 Å². The summed E-state index contributed by atoms with van der Waals surface area (Å²) >= 11 is 0. The second-order valence-electron chi connectivity index (χ2n) is 7.17. The van der Waals surface area contributed by atoms with Crippen molar-refractivity contribution in [3.8, 4) is 0 Å². The zero-order valence-corrected chi connectivity index (χ0v) is 14.1. The lowest BCUT2D eigenvalue weighted by Gasteiger charge is -2.41. The van der Waals surface area contributed by atoms with E-state index in [2.05, 4.69) is 5.10 Å². The molecule has 24 heavy (non-hydrogen) atoms. The van der Waals surface area contributed by atoms with Crippen molar-refractivity contribution in [1.82, 2.24) is 14.7 Å². The first kappa shape index (κ1) is 15.4. The van der Waals surface area contributed by atoms with Gasteiger partial charge in [-0.05, 0) is 30.7 Å². The molecule has 2 fully saturated rings. The first-order valence-electron chi connectivity index (χ1n) is 8.90. The van der Waals surface area contributed by atoms with Gasteiger partial charge in [-0.25, -0.2) is 4.68 Å². The summed E-state index contributed by atoms with van der Waals surface area (Å²) in [6, 6.07) is 7.27. The van der Waals surface area contributed by atoms with Crippen LogP contribution in [0.4, 0.5) is 0 Å². The molecule has 1 saturated heterocycles. The topological polar surface area (TPSA) is 55.2 Å². The summed E-state index contributed by atoms with van der Waals surface area (Å²) in [5.41, 5.74) is 0.245. The van der Waals surface area contributed by atoms with Crippen LogP contribution in [0.1, 0.15) is 42.6 Å². The lowest BCUT2D eigenvalue weighted by Crippen LogP contribution is -2.45. The van der Waals surface area contributed by atoms with E-state index in [1.54, 1.807) is 13.1 Å². The van der Waals surface area contributed by atoms with Gasteiger partial charge in [-0.15, -0.1) is 0 Å². The predicted octanol–water partition coefficient (Wildman–Crippen LogP) is 2.59. The van der Waals surface area contributed by atoms with Crippen LogP contribution in [0.2, 0.25) is 0 Å². The van der Waals surface area contributed by atoms with Crippen molar-refractivity contribution in [2.45, 2.75) is 32.1 Å². The monoisotopic (exact) mass is 325 g/mol. The number of piperidine rings is 1. The SMILES string of the molecule is Cn1nc(C(=O)N2CC[C@H]3CCCC[C@@H]3C2)c2ccccc2c1=O. The van der Waals surface area contributed by atoms with Crippen LogP contribution in [0, 0.1) is 11.8 Å². The molecule has 0 N–H and O–H groups in total. The molecule has 0 bridgehead atoms. The van der Waals surface area contributed by atoms with Crippen molar-refractivity contribution in [1.29, 1.82) is 0 Å². The van der Waals surface area contributed by atoms with Crippen LogP contribution in [0.15, 0.2) is 29.1 Å². The van der Waals surface area contributed by atoms with Gasteiger partial charge in [0.15, 0.2) is 5.69 Å². The fraction of sp³-hybridized carbons (Fsp3) is 0.526. The molecule has 2 aromatic rings. The molecule has 0 unspecified atom stereocenters. The van der Waals surface area contributed by atoms with Crippen LogP contribution in [0.5, 0.6) is 0 Å². The van der Waals surface area contributed by atoms with Gasteiger partial charge in [0.25, 0.3) is 11.5 Å². The quantitative estimate of drug-likeness (QED) is 0.810. The third-order valence-corrected chi connectivity index (χ3v) is 5.74.